The Balaban J connectivity index is 2.24. The molecule has 1 aromatic carbocycles. The number of halogens is 1. The van der Waals surface area contributed by atoms with E-state index in [4.69, 9.17) is 17.3 Å². The summed E-state index contributed by atoms with van der Waals surface area (Å²) in [5, 5.41) is 10.4. The van der Waals surface area contributed by atoms with Crippen molar-refractivity contribution >= 4 is 11.6 Å². The summed E-state index contributed by atoms with van der Waals surface area (Å²) in [6.07, 6.45) is 2.30. The van der Waals surface area contributed by atoms with Gasteiger partial charge in [0.05, 0.1) is 6.10 Å². The summed E-state index contributed by atoms with van der Waals surface area (Å²) in [7, 11) is 0. The molecule has 0 radical (unpaired) electrons. The third kappa shape index (κ3) is 2.56. The highest BCUT2D eigenvalue weighted by atomic mass is 35.5. The molecule has 0 saturated heterocycles. The Kier molecular flexibility index (Phi) is 4.00. The summed E-state index contributed by atoms with van der Waals surface area (Å²) in [6.45, 7) is 4.37. The zero-order chi connectivity index (χ0) is 13.3. The highest BCUT2D eigenvalue weighted by molar-refractivity contribution is 6.30. The van der Waals surface area contributed by atoms with Gasteiger partial charge < -0.3 is 10.8 Å². The Morgan fingerprint density at radius 1 is 1.33 bits per heavy atom. The molecule has 100 valence electrons. The summed E-state index contributed by atoms with van der Waals surface area (Å²) in [5.41, 5.74) is 7.56. The number of benzene rings is 1. The van der Waals surface area contributed by atoms with E-state index in [0.717, 1.165) is 24.3 Å². The number of aliphatic hydroxyl groups is 1. The first-order chi connectivity index (χ1) is 8.44. The summed E-state index contributed by atoms with van der Waals surface area (Å²) in [4.78, 5) is 0. The molecule has 1 fully saturated rings. The van der Waals surface area contributed by atoms with E-state index in [2.05, 4.69) is 26.0 Å². The van der Waals surface area contributed by atoms with Gasteiger partial charge in [-0.15, -0.1) is 0 Å². The first-order valence-electron chi connectivity index (χ1n) is 6.64. The van der Waals surface area contributed by atoms with Gasteiger partial charge in [0, 0.05) is 16.5 Å². The molecule has 0 spiro atoms. The lowest BCUT2D eigenvalue weighted by Crippen LogP contribution is -2.56. The summed E-state index contributed by atoms with van der Waals surface area (Å²) in [6, 6.07) is 8.02. The minimum Gasteiger partial charge on any atom is -0.393 e. The average molecular weight is 268 g/mol. The molecule has 3 N–H and O–H groups in total. The van der Waals surface area contributed by atoms with E-state index in [9.17, 15) is 5.11 Å². The normalized spacial score (nSPS) is 29.1. The average Bonchev–Trinajstić information content (AvgIpc) is 2.24. The second kappa shape index (κ2) is 5.20. The Labute approximate surface area is 114 Å². The van der Waals surface area contributed by atoms with E-state index in [1.54, 1.807) is 0 Å². The second-order valence-corrected chi connectivity index (χ2v) is 6.40. The lowest BCUT2D eigenvalue weighted by atomic mass is 9.57. The molecule has 1 aliphatic carbocycles. The van der Waals surface area contributed by atoms with Crippen molar-refractivity contribution in [3.63, 3.8) is 0 Å². The van der Waals surface area contributed by atoms with E-state index in [1.807, 2.05) is 12.1 Å². The van der Waals surface area contributed by atoms with Crippen LogP contribution in [0.5, 0.6) is 0 Å². The maximum Gasteiger partial charge on any atom is 0.0558 e. The molecule has 1 saturated carbocycles. The van der Waals surface area contributed by atoms with Gasteiger partial charge in [0.1, 0.15) is 0 Å². The van der Waals surface area contributed by atoms with Crippen LogP contribution < -0.4 is 5.73 Å². The number of aliphatic hydroxyl groups excluding tert-OH is 1. The van der Waals surface area contributed by atoms with Gasteiger partial charge in [0.2, 0.25) is 0 Å². The fourth-order valence-electron chi connectivity index (χ4n) is 3.05. The standard InChI is InChI=1S/C15H22ClNO/c1-10(2)7-14(17)15(8-13(18)9-15)11-3-5-12(16)6-4-11/h3-6,10,13-14,18H,7-9,17H2,1-2H3/t13?,14-,15?/m0/s1. The Morgan fingerprint density at radius 2 is 1.89 bits per heavy atom. The first kappa shape index (κ1) is 13.9. The zero-order valence-electron chi connectivity index (χ0n) is 11.1. The lowest BCUT2D eigenvalue weighted by Gasteiger charge is -2.50. The van der Waals surface area contributed by atoms with Gasteiger partial charge in [-0.05, 0) is 42.9 Å². The highest BCUT2D eigenvalue weighted by Gasteiger charge is 2.48. The summed E-state index contributed by atoms with van der Waals surface area (Å²) < 4.78 is 0. The molecule has 0 aromatic heterocycles. The predicted molar refractivity (Wildman–Crippen MR) is 75.8 cm³/mol. The second-order valence-electron chi connectivity index (χ2n) is 5.96. The van der Waals surface area contributed by atoms with Crippen molar-refractivity contribution in [3.05, 3.63) is 34.9 Å². The van der Waals surface area contributed by atoms with Crippen LogP contribution in [0.3, 0.4) is 0 Å². The van der Waals surface area contributed by atoms with Gasteiger partial charge in [-0.25, -0.2) is 0 Å². The Hall–Kier alpha value is -0.570. The molecule has 0 heterocycles. The molecule has 18 heavy (non-hydrogen) atoms. The number of rotatable bonds is 4. The quantitative estimate of drug-likeness (QED) is 0.881. The van der Waals surface area contributed by atoms with Crippen molar-refractivity contribution in [1.82, 2.24) is 0 Å². The van der Waals surface area contributed by atoms with Crippen LogP contribution in [-0.4, -0.2) is 17.3 Å². The van der Waals surface area contributed by atoms with Crippen LogP contribution in [0.2, 0.25) is 5.02 Å². The Morgan fingerprint density at radius 3 is 2.33 bits per heavy atom. The van der Waals surface area contributed by atoms with Crippen molar-refractivity contribution in [2.75, 3.05) is 0 Å². The van der Waals surface area contributed by atoms with Crippen LogP contribution in [0.25, 0.3) is 0 Å². The molecule has 3 heteroatoms. The third-order valence-corrected chi connectivity index (χ3v) is 4.31. The van der Waals surface area contributed by atoms with Crippen molar-refractivity contribution in [2.24, 2.45) is 11.7 Å². The van der Waals surface area contributed by atoms with Gasteiger partial charge in [-0.2, -0.15) is 0 Å². The van der Waals surface area contributed by atoms with E-state index in [1.165, 1.54) is 5.56 Å². The minimum absolute atomic E-state index is 0.0612. The van der Waals surface area contributed by atoms with E-state index < -0.39 is 0 Å². The Bertz CT molecular complexity index is 395. The SMILES string of the molecule is CC(C)C[C@H](N)C1(c2ccc(Cl)cc2)CC(O)C1. The molecule has 1 aliphatic rings. The molecule has 0 amide bonds. The van der Waals surface area contributed by atoms with Crippen molar-refractivity contribution < 1.29 is 5.11 Å². The van der Waals surface area contributed by atoms with E-state index in [-0.39, 0.29) is 17.6 Å². The maximum atomic E-state index is 9.70. The number of hydrogen-bond acceptors (Lipinski definition) is 2. The molecule has 0 aliphatic heterocycles. The lowest BCUT2D eigenvalue weighted by molar-refractivity contribution is 0.000538. The maximum absolute atomic E-state index is 9.70. The third-order valence-electron chi connectivity index (χ3n) is 4.05. The smallest absolute Gasteiger partial charge is 0.0558 e. The van der Waals surface area contributed by atoms with E-state index in [0.29, 0.717) is 5.92 Å². The fourth-order valence-corrected chi connectivity index (χ4v) is 3.17. The molecule has 0 bridgehead atoms. The van der Waals surface area contributed by atoms with Gasteiger partial charge >= 0.3 is 0 Å². The largest absolute Gasteiger partial charge is 0.393 e. The number of nitrogens with two attached hydrogens (primary N) is 1. The number of hydrogen-bond donors (Lipinski definition) is 2. The molecular formula is C15H22ClNO. The van der Waals surface area contributed by atoms with Crippen LogP contribution in [0.15, 0.2) is 24.3 Å². The molecule has 2 rings (SSSR count). The van der Waals surface area contributed by atoms with Gasteiger partial charge in [0.15, 0.2) is 0 Å². The van der Waals surface area contributed by atoms with Crippen molar-refractivity contribution in [2.45, 2.75) is 50.7 Å². The molecule has 2 nitrogen and oxygen atoms in total. The van der Waals surface area contributed by atoms with Gasteiger partial charge in [-0.1, -0.05) is 37.6 Å². The predicted octanol–water partition coefficient (Wildman–Crippen LogP) is 3.11. The van der Waals surface area contributed by atoms with Crippen LogP contribution in [0, 0.1) is 5.92 Å². The molecular weight excluding hydrogens is 246 g/mol. The molecule has 0 unspecified atom stereocenters. The summed E-state index contributed by atoms with van der Waals surface area (Å²) in [5.74, 6) is 0.571. The summed E-state index contributed by atoms with van der Waals surface area (Å²) >= 11 is 5.93. The topological polar surface area (TPSA) is 46.2 Å². The van der Waals surface area contributed by atoms with Crippen LogP contribution in [-0.2, 0) is 5.41 Å². The fraction of sp³-hybridized carbons (Fsp3) is 0.600. The zero-order valence-corrected chi connectivity index (χ0v) is 11.8. The molecule has 1 aromatic rings. The van der Waals surface area contributed by atoms with Crippen molar-refractivity contribution in [3.8, 4) is 0 Å². The van der Waals surface area contributed by atoms with Gasteiger partial charge in [-0.3, -0.25) is 0 Å². The molecule has 1 atom stereocenters. The van der Waals surface area contributed by atoms with Gasteiger partial charge in [0.25, 0.3) is 0 Å². The van der Waals surface area contributed by atoms with Crippen LogP contribution in [0.1, 0.15) is 38.7 Å². The van der Waals surface area contributed by atoms with Crippen molar-refractivity contribution in [1.29, 1.82) is 0 Å². The van der Waals surface area contributed by atoms with Crippen LogP contribution in [0.4, 0.5) is 0 Å². The van der Waals surface area contributed by atoms with E-state index >= 15 is 0 Å². The monoisotopic (exact) mass is 267 g/mol. The highest BCUT2D eigenvalue weighted by Crippen LogP contribution is 2.47. The minimum atomic E-state index is -0.209. The first-order valence-corrected chi connectivity index (χ1v) is 7.01. The van der Waals surface area contributed by atoms with Crippen LogP contribution >= 0.6 is 11.6 Å².